The maximum absolute atomic E-state index is 13.9. The van der Waals surface area contributed by atoms with E-state index in [-0.39, 0.29) is 23.0 Å². The van der Waals surface area contributed by atoms with Crippen LogP contribution in [0.5, 0.6) is 5.75 Å². The van der Waals surface area contributed by atoms with E-state index >= 15 is 0 Å². The van der Waals surface area contributed by atoms with Crippen molar-refractivity contribution < 1.29 is 23.8 Å². The van der Waals surface area contributed by atoms with Crippen LogP contribution < -0.4 is 10.1 Å². The molecule has 0 spiro atoms. The van der Waals surface area contributed by atoms with Crippen molar-refractivity contribution in [1.82, 2.24) is 15.1 Å². The Morgan fingerprint density at radius 3 is 2.48 bits per heavy atom. The molecule has 1 amide bonds. The Hall–Kier alpha value is -2.90. The number of carbonyl (C=O) groups is 2. The van der Waals surface area contributed by atoms with Gasteiger partial charge in [-0.05, 0) is 43.5 Å². The van der Waals surface area contributed by atoms with E-state index in [2.05, 4.69) is 10.4 Å². The Morgan fingerprint density at radius 1 is 1.30 bits per heavy atom. The molecule has 27 heavy (non-hydrogen) atoms. The number of hydrogen-bond donors (Lipinski definition) is 2. The van der Waals surface area contributed by atoms with E-state index in [4.69, 9.17) is 4.74 Å². The number of carboxylic acid groups (broad SMARTS) is 1. The number of nitrogens with one attached hydrogen (secondary N) is 1. The molecule has 1 heterocycles. The molecule has 0 bridgehead atoms. The highest BCUT2D eigenvalue weighted by Gasteiger charge is 2.25. The zero-order valence-corrected chi connectivity index (χ0v) is 15.8. The first-order valence-electron chi connectivity index (χ1n) is 8.75. The normalized spacial score (nSPS) is 12.1. The van der Waals surface area contributed by atoms with E-state index in [0.717, 1.165) is 24.6 Å². The van der Waals surface area contributed by atoms with E-state index in [0.29, 0.717) is 0 Å². The Labute approximate surface area is 157 Å². The molecular formula is C19H24FN3O4. The third kappa shape index (κ3) is 4.45. The van der Waals surface area contributed by atoms with Crippen molar-refractivity contribution in [3.63, 3.8) is 0 Å². The van der Waals surface area contributed by atoms with Crippen LogP contribution in [-0.2, 0) is 4.79 Å². The lowest BCUT2D eigenvalue weighted by molar-refractivity contribution is -0.139. The number of aromatic nitrogens is 2. The van der Waals surface area contributed by atoms with E-state index in [1.165, 1.54) is 19.2 Å². The summed E-state index contributed by atoms with van der Waals surface area (Å²) >= 11 is 0. The van der Waals surface area contributed by atoms with E-state index < -0.39 is 23.7 Å². The first-order valence-corrected chi connectivity index (χ1v) is 8.75. The lowest BCUT2D eigenvalue weighted by atomic mass is 10.1. The molecule has 0 fully saturated rings. The molecular weight excluding hydrogens is 353 g/mol. The summed E-state index contributed by atoms with van der Waals surface area (Å²) in [5.74, 6) is -2.64. The van der Waals surface area contributed by atoms with Gasteiger partial charge < -0.3 is 15.2 Å². The van der Waals surface area contributed by atoms with Gasteiger partial charge >= 0.3 is 5.97 Å². The molecule has 2 aromatic rings. The van der Waals surface area contributed by atoms with Gasteiger partial charge in [-0.15, -0.1) is 0 Å². The van der Waals surface area contributed by atoms with Crippen LogP contribution in [-0.4, -0.2) is 33.9 Å². The van der Waals surface area contributed by atoms with Gasteiger partial charge in [0.15, 0.2) is 17.6 Å². The number of rotatable bonds is 8. The summed E-state index contributed by atoms with van der Waals surface area (Å²) in [6.07, 6.45) is 1.73. The fourth-order valence-corrected chi connectivity index (χ4v) is 2.96. The highest BCUT2D eigenvalue weighted by atomic mass is 19.1. The van der Waals surface area contributed by atoms with Crippen molar-refractivity contribution in [3.8, 4) is 5.75 Å². The Balaban J connectivity index is 2.27. The minimum absolute atomic E-state index is 0.00578. The fraction of sp³-hybridized carbons (Fsp3) is 0.421. The molecule has 0 saturated carbocycles. The second kappa shape index (κ2) is 8.66. The lowest BCUT2D eigenvalue weighted by Crippen LogP contribution is -2.34. The van der Waals surface area contributed by atoms with Crippen molar-refractivity contribution in [2.24, 2.45) is 0 Å². The lowest BCUT2D eigenvalue weighted by Gasteiger charge is -2.16. The summed E-state index contributed by atoms with van der Waals surface area (Å²) in [4.78, 5) is 24.1. The zero-order chi connectivity index (χ0) is 20.1. The predicted octanol–water partition coefficient (Wildman–Crippen LogP) is 3.26. The molecule has 7 nitrogen and oxygen atoms in total. The fourth-order valence-electron chi connectivity index (χ4n) is 2.96. The Morgan fingerprint density at radius 2 is 1.96 bits per heavy atom. The Kier molecular flexibility index (Phi) is 6.55. The minimum Gasteiger partial charge on any atom is -0.494 e. The van der Waals surface area contributed by atoms with Crippen LogP contribution in [0.15, 0.2) is 24.3 Å². The van der Waals surface area contributed by atoms with Crippen LogP contribution in [0, 0.1) is 12.7 Å². The molecule has 8 heteroatoms. The van der Waals surface area contributed by atoms with E-state index in [1.54, 1.807) is 10.7 Å². The first kappa shape index (κ1) is 20.4. The monoisotopic (exact) mass is 377 g/mol. The molecule has 2 rings (SSSR count). The number of amides is 1. The number of carbonyl (C=O) groups excluding carboxylic acids is 1. The predicted molar refractivity (Wildman–Crippen MR) is 97.4 cm³/mol. The summed E-state index contributed by atoms with van der Waals surface area (Å²) in [7, 11) is 1.31. The van der Waals surface area contributed by atoms with Crippen LogP contribution in [0.2, 0.25) is 0 Å². The summed E-state index contributed by atoms with van der Waals surface area (Å²) < 4.78 is 20.5. The van der Waals surface area contributed by atoms with Gasteiger partial charge in [0, 0.05) is 5.69 Å². The highest BCUT2D eigenvalue weighted by Crippen LogP contribution is 2.23. The third-order valence-electron chi connectivity index (χ3n) is 4.48. The van der Waals surface area contributed by atoms with Gasteiger partial charge in [0.2, 0.25) is 0 Å². The highest BCUT2D eigenvalue weighted by molar-refractivity contribution is 5.95. The number of benzene rings is 1. The van der Waals surface area contributed by atoms with Gasteiger partial charge in [0.25, 0.3) is 5.91 Å². The second-order valence-corrected chi connectivity index (χ2v) is 6.22. The van der Waals surface area contributed by atoms with E-state index in [1.807, 2.05) is 20.8 Å². The quantitative estimate of drug-likeness (QED) is 0.736. The molecule has 1 unspecified atom stereocenters. The van der Waals surface area contributed by atoms with Gasteiger partial charge in [0.1, 0.15) is 5.69 Å². The number of nitrogens with zero attached hydrogens (tertiary/aromatic N) is 2. The number of halogens is 1. The SMILES string of the molecule is CCC(CC)n1nc(C(=O)NC(C(=O)O)c2ccc(OC)c(F)c2)cc1C. The van der Waals surface area contributed by atoms with Crippen molar-refractivity contribution in [2.45, 2.75) is 45.7 Å². The molecule has 1 aromatic heterocycles. The summed E-state index contributed by atoms with van der Waals surface area (Å²) in [5.41, 5.74) is 1.04. The van der Waals surface area contributed by atoms with Crippen molar-refractivity contribution in [2.75, 3.05) is 7.11 Å². The molecule has 0 aliphatic rings. The smallest absolute Gasteiger partial charge is 0.330 e. The van der Waals surface area contributed by atoms with Gasteiger partial charge in [-0.2, -0.15) is 5.10 Å². The van der Waals surface area contributed by atoms with Gasteiger partial charge in [-0.25, -0.2) is 9.18 Å². The molecule has 2 N–H and O–H groups in total. The molecule has 0 saturated heterocycles. The second-order valence-electron chi connectivity index (χ2n) is 6.22. The molecule has 0 aliphatic heterocycles. The minimum atomic E-state index is -1.41. The standard InChI is InChI=1S/C19H24FN3O4/c1-5-13(6-2)23-11(3)9-15(22-23)18(24)21-17(19(25)26)12-7-8-16(27-4)14(20)10-12/h7-10,13,17H,5-6H2,1-4H3,(H,21,24)(H,25,26). The third-order valence-corrected chi connectivity index (χ3v) is 4.48. The van der Waals surface area contributed by atoms with Crippen LogP contribution in [0.4, 0.5) is 4.39 Å². The number of ether oxygens (including phenoxy) is 1. The largest absolute Gasteiger partial charge is 0.494 e. The molecule has 0 aliphatic carbocycles. The number of methoxy groups -OCH3 is 1. The van der Waals surface area contributed by atoms with Crippen LogP contribution in [0.25, 0.3) is 0 Å². The number of carboxylic acids is 1. The summed E-state index contributed by atoms with van der Waals surface area (Å²) in [5, 5.41) is 16.2. The van der Waals surface area contributed by atoms with Crippen LogP contribution in [0.1, 0.15) is 60.5 Å². The van der Waals surface area contributed by atoms with Gasteiger partial charge in [-0.3, -0.25) is 9.48 Å². The average Bonchev–Trinajstić information content (AvgIpc) is 3.02. The van der Waals surface area contributed by atoms with Crippen LogP contribution >= 0.6 is 0 Å². The number of aliphatic carboxylic acids is 1. The number of aryl methyl sites for hydroxylation is 1. The molecule has 0 radical (unpaired) electrons. The molecule has 146 valence electrons. The maximum Gasteiger partial charge on any atom is 0.330 e. The molecule has 1 aromatic carbocycles. The van der Waals surface area contributed by atoms with Gasteiger partial charge in [-0.1, -0.05) is 19.9 Å². The first-order chi connectivity index (χ1) is 12.8. The number of hydrogen-bond acceptors (Lipinski definition) is 4. The summed E-state index contributed by atoms with van der Waals surface area (Å²) in [6.45, 7) is 5.91. The maximum atomic E-state index is 13.9. The summed E-state index contributed by atoms with van der Waals surface area (Å²) in [6, 6.07) is 4.12. The average molecular weight is 377 g/mol. The van der Waals surface area contributed by atoms with Crippen molar-refractivity contribution in [1.29, 1.82) is 0 Å². The topological polar surface area (TPSA) is 93.5 Å². The van der Waals surface area contributed by atoms with E-state index in [9.17, 15) is 19.1 Å². The van der Waals surface area contributed by atoms with Crippen molar-refractivity contribution in [3.05, 3.63) is 47.0 Å². The van der Waals surface area contributed by atoms with Crippen molar-refractivity contribution >= 4 is 11.9 Å². The molecule has 1 atom stereocenters. The Bertz CT molecular complexity index is 830. The van der Waals surface area contributed by atoms with Crippen LogP contribution in [0.3, 0.4) is 0 Å². The van der Waals surface area contributed by atoms with Gasteiger partial charge in [0.05, 0.1) is 13.2 Å². The zero-order valence-electron chi connectivity index (χ0n) is 15.8.